The maximum Gasteiger partial charge on any atom is 0.408 e. The number of hydrogen-bond acceptors (Lipinski definition) is 6. The Morgan fingerprint density at radius 2 is 1.48 bits per heavy atom. The Morgan fingerprint density at radius 1 is 0.900 bits per heavy atom. The molecule has 2 rings (SSSR count). The Labute approximate surface area is 241 Å². The summed E-state index contributed by atoms with van der Waals surface area (Å²) in [6.07, 6.45) is -1.94. The van der Waals surface area contributed by atoms with Crippen molar-refractivity contribution >= 4 is 35.2 Å². The van der Waals surface area contributed by atoms with Crippen molar-refractivity contribution in [2.75, 3.05) is 31.2 Å². The Balaban J connectivity index is 2.50. The highest BCUT2D eigenvalue weighted by molar-refractivity contribution is 6.30. The molecule has 3 amide bonds. The highest BCUT2D eigenvalue weighted by Gasteiger charge is 2.39. The highest BCUT2D eigenvalue weighted by atomic mass is 35.5. The van der Waals surface area contributed by atoms with Crippen LogP contribution in [0.4, 0.5) is 10.5 Å². The van der Waals surface area contributed by atoms with E-state index in [2.05, 4.69) is 0 Å². The topological polar surface area (TPSA) is 126 Å². The average Bonchev–Trinajstić information content (AvgIpc) is 2.92. The van der Waals surface area contributed by atoms with Gasteiger partial charge in [0.05, 0.1) is 6.54 Å². The summed E-state index contributed by atoms with van der Waals surface area (Å²) >= 11 is 6.11. The van der Waals surface area contributed by atoms with Gasteiger partial charge < -0.3 is 25.2 Å². The van der Waals surface area contributed by atoms with Crippen LogP contribution in [0.2, 0.25) is 5.02 Å². The minimum absolute atomic E-state index is 0.0525. The van der Waals surface area contributed by atoms with Gasteiger partial charge in [-0.25, -0.2) is 4.79 Å². The Morgan fingerprint density at radius 3 is 1.95 bits per heavy atom. The van der Waals surface area contributed by atoms with Gasteiger partial charge in [0.1, 0.15) is 12.1 Å². The van der Waals surface area contributed by atoms with Gasteiger partial charge in [-0.05, 0) is 64.4 Å². The Hall–Kier alpha value is -3.18. The van der Waals surface area contributed by atoms with Gasteiger partial charge in [0.2, 0.25) is 5.91 Å². The van der Waals surface area contributed by atoms with Crippen molar-refractivity contribution in [3.63, 3.8) is 0 Å². The number of amides is 3. The first-order valence-corrected chi connectivity index (χ1v) is 13.8. The molecule has 0 aliphatic carbocycles. The maximum atomic E-state index is 14.1. The molecule has 0 fully saturated rings. The average molecular weight is 577 g/mol. The molecule has 40 heavy (non-hydrogen) atoms. The van der Waals surface area contributed by atoms with E-state index in [-0.39, 0.29) is 31.6 Å². The molecule has 11 heteroatoms. The predicted octanol–water partition coefficient (Wildman–Crippen LogP) is 4.21. The molecule has 220 valence electrons. The molecule has 2 aromatic carbocycles. The van der Waals surface area contributed by atoms with Crippen molar-refractivity contribution < 1.29 is 29.0 Å². The number of ether oxygens (including phenoxy) is 2. The zero-order chi connectivity index (χ0) is 29.8. The van der Waals surface area contributed by atoms with Gasteiger partial charge in [0.25, 0.3) is 5.91 Å². The first kappa shape index (κ1) is 33.0. The summed E-state index contributed by atoms with van der Waals surface area (Å²) in [4.78, 5) is 44.3. The number of anilines is 1. The zero-order valence-corrected chi connectivity index (χ0v) is 24.6. The lowest BCUT2D eigenvalue weighted by Gasteiger charge is -2.38. The SMILES string of the molecule is CCOC(CN(C(=O)C(C)N(C(=O)C(CN)N(Cc1ccccc1)C(=O)O)c1ccc(Cl)cc1)C(C)C)OCC. The van der Waals surface area contributed by atoms with Crippen LogP contribution in [-0.2, 0) is 25.6 Å². The highest BCUT2D eigenvalue weighted by Crippen LogP contribution is 2.24. The van der Waals surface area contributed by atoms with E-state index in [0.29, 0.717) is 29.5 Å². The number of carbonyl (C=O) groups excluding carboxylic acids is 2. The monoisotopic (exact) mass is 576 g/mol. The van der Waals surface area contributed by atoms with Gasteiger partial charge >= 0.3 is 6.09 Å². The minimum atomic E-state index is -1.30. The van der Waals surface area contributed by atoms with Gasteiger partial charge in [-0.15, -0.1) is 0 Å². The fourth-order valence-electron chi connectivity index (χ4n) is 4.35. The molecule has 0 heterocycles. The fourth-order valence-corrected chi connectivity index (χ4v) is 4.47. The molecule has 0 aliphatic heterocycles. The maximum absolute atomic E-state index is 14.1. The molecule has 0 spiro atoms. The lowest BCUT2D eigenvalue weighted by atomic mass is 10.1. The minimum Gasteiger partial charge on any atom is -0.465 e. The summed E-state index contributed by atoms with van der Waals surface area (Å²) in [6.45, 7) is 9.64. The summed E-state index contributed by atoms with van der Waals surface area (Å²) in [5.74, 6) is -0.984. The smallest absolute Gasteiger partial charge is 0.408 e. The molecular weight excluding hydrogens is 536 g/mol. The van der Waals surface area contributed by atoms with Gasteiger partial charge in [0.15, 0.2) is 6.29 Å². The number of hydrogen-bond donors (Lipinski definition) is 2. The molecule has 10 nitrogen and oxygen atoms in total. The second kappa shape index (κ2) is 16.2. The molecule has 2 atom stereocenters. The van der Waals surface area contributed by atoms with Crippen LogP contribution in [0.1, 0.15) is 40.2 Å². The molecule has 0 aliphatic rings. The van der Waals surface area contributed by atoms with Crippen LogP contribution in [0, 0.1) is 0 Å². The Bertz CT molecular complexity index is 1080. The number of nitrogens with zero attached hydrogens (tertiary/aromatic N) is 3. The summed E-state index contributed by atoms with van der Waals surface area (Å²) < 4.78 is 11.3. The molecule has 2 aromatic rings. The summed E-state index contributed by atoms with van der Waals surface area (Å²) in [5.41, 5.74) is 7.10. The normalized spacial score (nSPS) is 12.7. The van der Waals surface area contributed by atoms with Crippen LogP contribution in [-0.4, -0.2) is 83.5 Å². The molecule has 0 radical (unpaired) electrons. The fraction of sp³-hybridized carbons (Fsp3) is 0.483. The third-order valence-electron chi connectivity index (χ3n) is 6.37. The van der Waals surface area contributed by atoms with Crippen LogP contribution < -0.4 is 10.6 Å². The van der Waals surface area contributed by atoms with E-state index in [1.807, 2.05) is 33.8 Å². The van der Waals surface area contributed by atoms with Crippen molar-refractivity contribution in [1.29, 1.82) is 0 Å². The van der Waals surface area contributed by atoms with Crippen LogP contribution in [0.25, 0.3) is 0 Å². The summed E-state index contributed by atoms with van der Waals surface area (Å²) in [6, 6.07) is 12.9. The first-order valence-electron chi connectivity index (χ1n) is 13.4. The predicted molar refractivity (Wildman–Crippen MR) is 155 cm³/mol. The third kappa shape index (κ3) is 8.92. The molecular formula is C29H41ClN4O6. The quantitative estimate of drug-likeness (QED) is 0.304. The number of rotatable bonds is 15. The van der Waals surface area contributed by atoms with Gasteiger partial charge in [0, 0.05) is 43.1 Å². The van der Waals surface area contributed by atoms with Crippen LogP contribution in [0.15, 0.2) is 54.6 Å². The van der Waals surface area contributed by atoms with E-state index in [0.717, 1.165) is 4.90 Å². The number of nitrogens with two attached hydrogens (primary N) is 1. The van der Waals surface area contributed by atoms with Crippen molar-refractivity contribution in [3.05, 3.63) is 65.2 Å². The largest absolute Gasteiger partial charge is 0.465 e. The standard InChI is InChI=1S/C29H41ClN4O6/c1-6-39-26(40-7-2)19-32(20(3)4)27(35)21(5)34(24-15-13-23(30)14-16-24)28(36)25(17-31)33(29(37)38)18-22-11-9-8-10-12-22/h8-16,20-21,25-26H,6-7,17-19,31H2,1-5H3,(H,37,38). The van der Waals surface area contributed by atoms with Crippen molar-refractivity contribution in [1.82, 2.24) is 9.80 Å². The van der Waals surface area contributed by atoms with E-state index in [1.165, 1.54) is 4.90 Å². The molecule has 0 saturated heterocycles. The molecule has 0 bridgehead atoms. The summed E-state index contributed by atoms with van der Waals surface area (Å²) in [5, 5.41) is 10.5. The lowest BCUT2D eigenvalue weighted by molar-refractivity contribution is -0.162. The Kier molecular flexibility index (Phi) is 13.4. The van der Waals surface area contributed by atoms with E-state index < -0.39 is 30.4 Å². The van der Waals surface area contributed by atoms with Gasteiger partial charge in [-0.3, -0.25) is 19.4 Å². The van der Waals surface area contributed by atoms with E-state index in [1.54, 1.807) is 60.4 Å². The second-order valence-electron chi connectivity index (χ2n) is 9.43. The van der Waals surface area contributed by atoms with Gasteiger partial charge in [-0.1, -0.05) is 41.9 Å². The van der Waals surface area contributed by atoms with Gasteiger partial charge in [-0.2, -0.15) is 0 Å². The second-order valence-corrected chi connectivity index (χ2v) is 9.87. The number of carboxylic acid groups (broad SMARTS) is 1. The zero-order valence-electron chi connectivity index (χ0n) is 23.8. The lowest BCUT2D eigenvalue weighted by Crippen LogP contribution is -2.59. The number of halogens is 1. The van der Waals surface area contributed by atoms with Crippen LogP contribution >= 0.6 is 11.6 Å². The van der Waals surface area contributed by atoms with E-state index >= 15 is 0 Å². The van der Waals surface area contributed by atoms with Crippen molar-refractivity contribution in [2.45, 2.75) is 65.6 Å². The van der Waals surface area contributed by atoms with E-state index in [4.69, 9.17) is 26.8 Å². The number of carbonyl (C=O) groups is 3. The first-order chi connectivity index (χ1) is 19.0. The van der Waals surface area contributed by atoms with Crippen LogP contribution in [0.3, 0.4) is 0 Å². The molecule has 0 saturated carbocycles. The third-order valence-corrected chi connectivity index (χ3v) is 6.62. The molecule has 3 N–H and O–H groups in total. The van der Waals surface area contributed by atoms with Crippen molar-refractivity contribution in [2.24, 2.45) is 5.73 Å². The summed E-state index contributed by atoms with van der Waals surface area (Å²) in [7, 11) is 0. The van der Waals surface area contributed by atoms with Crippen molar-refractivity contribution in [3.8, 4) is 0 Å². The van der Waals surface area contributed by atoms with Crippen LogP contribution in [0.5, 0.6) is 0 Å². The molecule has 2 unspecified atom stereocenters. The molecule has 0 aromatic heterocycles. The number of benzene rings is 2. The van der Waals surface area contributed by atoms with E-state index in [9.17, 15) is 19.5 Å².